The van der Waals surface area contributed by atoms with Crippen molar-refractivity contribution in [2.75, 3.05) is 7.05 Å². The maximum Gasteiger partial charge on any atom is 0.321 e. The zero-order chi connectivity index (χ0) is 13.0. The molecule has 6 heteroatoms. The largest absolute Gasteiger partial charge is 0.423 e. The van der Waals surface area contributed by atoms with Gasteiger partial charge in [-0.15, -0.1) is 0 Å². The van der Waals surface area contributed by atoms with Crippen molar-refractivity contribution >= 4 is 15.9 Å². The second-order valence-corrected chi connectivity index (χ2v) is 4.44. The van der Waals surface area contributed by atoms with E-state index in [9.17, 15) is 4.39 Å². The summed E-state index contributed by atoms with van der Waals surface area (Å²) in [7, 11) is 1.85. The van der Waals surface area contributed by atoms with Crippen LogP contribution in [-0.4, -0.2) is 17.0 Å². The van der Waals surface area contributed by atoms with E-state index in [0.717, 1.165) is 5.56 Å². The van der Waals surface area contributed by atoms with E-state index in [0.29, 0.717) is 16.8 Å². The average molecular weight is 312 g/mol. The molecule has 1 aromatic heterocycles. The summed E-state index contributed by atoms with van der Waals surface area (Å²) in [6.07, 6.45) is 3.35. The van der Waals surface area contributed by atoms with Crippen LogP contribution in [-0.2, 0) is 6.54 Å². The fourth-order valence-electron chi connectivity index (χ4n) is 1.35. The minimum Gasteiger partial charge on any atom is -0.423 e. The summed E-state index contributed by atoms with van der Waals surface area (Å²) in [4.78, 5) is 8.14. The van der Waals surface area contributed by atoms with Crippen LogP contribution in [0.3, 0.4) is 0 Å². The van der Waals surface area contributed by atoms with Gasteiger partial charge in [0.25, 0.3) is 0 Å². The molecular weight excluding hydrogens is 301 g/mol. The Labute approximate surface area is 112 Å². The van der Waals surface area contributed by atoms with Gasteiger partial charge in [-0.2, -0.15) is 0 Å². The van der Waals surface area contributed by atoms with Gasteiger partial charge in [-0.25, -0.2) is 14.4 Å². The lowest BCUT2D eigenvalue weighted by atomic mass is 10.3. The van der Waals surface area contributed by atoms with Crippen molar-refractivity contribution in [1.82, 2.24) is 15.3 Å². The Balaban J connectivity index is 2.13. The van der Waals surface area contributed by atoms with Crippen LogP contribution in [0.15, 0.2) is 35.1 Å². The number of hydrogen-bond acceptors (Lipinski definition) is 4. The first-order chi connectivity index (χ1) is 8.69. The molecule has 0 radical (unpaired) electrons. The maximum atomic E-state index is 12.9. The Morgan fingerprint density at radius 1 is 1.33 bits per heavy atom. The molecule has 0 fully saturated rings. The van der Waals surface area contributed by atoms with E-state index in [1.165, 1.54) is 18.2 Å². The topological polar surface area (TPSA) is 47.0 Å². The molecule has 0 spiro atoms. The number of nitrogens with zero attached hydrogens (tertiary/aromatic N) is 2. The number of ether oxygens (including phenoxy) is 1. The van der Waals surface area contributed by atoms with Gasteiger partial charge in [-0.05, 0) is 41.2 Å². The van der Waals surface area contributed by atoms with E-state index in [1.807, 2.05) is 7.05 Å². The lowest BCUT2D eigenvalue weighted by Gasteiger charge is -2.06. The molecule has 0 atom stereocenters. The van der Waals surface area contributed by atoms with E-state index in [1.54, 1.807) is 12.4 Å². The van der Waals surface area contributed by atoms with Gasteiger partial charge in [0.1, 0.15) is 11.6 Å². The van der Waals surface area contributed by atoms with Crippen molar-refractivity contribution in [3.05, 3.63) is 46.4 Å². The van der Waals surface area contributed by atoms with Gasteiger partial charge in [-0.3, -0.25) is 0 Å². The molecule has 0 aliphatic carbocycles. The quantitative estimate of drug-likeness (QED) is 0.943. The summed E-state index contributed by atoms with van der Waals surface area (Å²) in [6, 6.07) is 4.38. The van der Waals surface area contributed by atoms with E-state index < -0.39 is 0 Å². The van der Waals surface area contributed by atoms with Crippen LogP contribution in [0.25, 0.3) is 0 Å². The van der Waals surface area contributed by atoms with Gasteiger partial charge in [-0.1, -0.05) is 0 Å². The molecule has 4 nitrogen and oxygen atoms in total. The van der Waals surface area contributed by atoms with Crippen LogP contribution in [0.2, 0.25) is 0 Å². The van der Waals surface area contributed by atoms with Crippen molar-refractivity contribution in [3.63, 3.8) is 0 Å². The second kappa shape index (κ2) is 5.88. The monoisotopic (exact) mass is 311 g/mol. The van der Waals surface area contributed by atoms with Crippen molar-refractivity contribution < 1.29 is 9.13 Å². The van der Waals surface area contributed by atoms with Crippen LogP contribution < -0.4 is 10.1 Å². The summed E-state index contributed by atoms with van der Waals surface area (Å²) in [6.45, 7) is 0.695. The van der Waals surface area contributed by atoms with Crippen molar-refractivity contribution in [2.24, 2.45) is 0 Å². The van der Waals surface area contributed by atoms with E-state index in [-0.39, 0.29) is 11.8 Å². The fourth-order valence-corrected chi connectivity index (χ4v) is 1.78. The Kier molecular flexibility index (Phi) is 4.22. The van der Waals surface area contributed by atoms with Crippen molar-refractivity contribution in [2.45, 2.75) is 6.54 Å². The van der Waals surface area contributed by atoms with Crippen LogP contribution in [0, 0.1) is 5.82 Å². The number of aromatic nitrogens is 2. The van der Waals surface area contributed by atoms with E-state index in [4.69, 9.17) is 4.74 Å². The molecule has 1 aromatic carbocycles. The van der Waals surface area contributed by atoms with Crippen LogP contribution in [0.4, 0.5) is 4.39 Å². The third-order valence-electron chi connectivity index (χ3n) is 2.16. The fraction of sp³-hybridized carbons (Fsp3) is 0.167. The molecule has 0 aliphatic heterocycles. The summed E-state index contributed by atoms with van der Waals surface area (Å²) in [5.74, 6) is 0.136. The maximum absolute atomic E-state index is 12.9. The van der Waals surface area contributed by atoms with Gasteiger partial charge in [0, 0.05) is 24.5 Å². The summed E-state index contributed by atoms with van der Waals surface area (Å²) < 4.78 is 18.9. The lowest BCUT2D eigenvalue weighted by molar-refractivity contribution is 0.436. The van der Waals surface area contributed by atoms with Gasteiger partial charge in [0.05, 0.1) is 4.47 Å². The molecule has 0 aliphatic rings. The van der Waals surface area contributed by atoms with Gasteiger partial charge in [0.2, 0.25) is 0 Å². The SMILES string of the molecule is CNCc1cnc(Oc2ccc(F)cc2Br)nc1. The molecule has 0 amide bonds. The summed E-state index contributed by atoms with van der Waals surface area (Å²) in [5.41, 5.74) is 0.961. The Morgan fingerprint density at radius 3 is 2.67 bits per heavy atom. The number of hydrogen-bond donors (Lipinski definition) is 1. The first kappa shape index (κ1) is 12.9. The number of nitrogens with one attached hydrogen (secondary N) is 1. The minimum absolute atomic E-state index is 0.224. The lowest BCUT2D eigenvalue weighted by Crippen LogP contribution is -2.06. The predicted octanol–water partition coefficient (Wildman–Crippen LogP) is 2.89. The minimum atomic E-state index is -0.334. The van der Waals surface area contributed by atoms with Gasteiger partial charge >= 0.3 is 6.01 Å². The van der Waals surface area contributed by atoms with Crippen LogP contribution in [0.1, 0.15) is 5.56 Å². The van der Waals surface area contributed by atoms with Gasteiger partial charge in [0.15, 0.2) is 0 Å². The van der Waals surface area contributed by atoms with Crippen molar-refractivity contribution in [1.29, 1.82) is 0 Å². The smallest absolute Gasteiger partial charge is 0.321 e. The van der Waals surface area contributed by atoms with E-state index >= 15 is 0 Å². The highest BCUT2D eigenvalue weighted by molar-refractivity contribution is 9.10. The highest BCUT2D eigenvalue weighted by Crippen LogP contribution is 2.28. The first-order valence-electron chi connectivity index (χ1n) is 5.27. The summed E-state index contributed by atoms with van der Waals surface area (Å²) in [5, 5.41) is 3.00. The van der Waals surface area contributed by atoms with Crippen LogP contribution in [0.5, 0.6) is 11.8 Å². The Hall–Kier alpha value is -1.53. The molecule has 1 N–H and O–H groups in total. The third-order valence-corrected chi connectivity index (χ3v) is 2.78. The molecule has 18 heavy (non-hydrogen) atoms. The highest BCUT2D eigenvalue weighted by Gasteiger charge is 2.06. The number of rotatable bonds is 4. The average Bonchev–Trinajstić information content (AvgIpc) is 2.35. The van der Waals surface area contributed by atoms with Crippen molar-refractivity contribution in [3.8, 4) is 11.8 Å². The highest BCUT2D eigenvalue weighted by atomic mass is 79.9. The molecule has 2 aromatic rings. The number of benzene rings is 1. The summed E-state index contributed by atoms with van der Waals surface area (Å²) >= 11 is 3.21. The zero-order valence-corrected chi connectivity index (χ0v) is 11.2. The second-order valence-electron chi connectivity index (χ2n) is 3.58. The first-order valence-corrected chi connectivity index (χ1v) is 6.07. The standard InChI is InChI=1S/C12H11BrFN3O/c1-15-5-8-6-16-12(17-7-8)18-11-3-2-9(14)4-10(11)13/h2-4,6-7,15H,5H2,1H3. The Bertz CT molecular complexity index is 533. The Morgan fingerprint density at radius 2 is 2.06 bits per heavy atom. The molecule has 0 unspecified atom stereocenters. The molecule has 1 heterocycles. The molecular formula is C12H11BrFN3O. The molecule has 0 saturated carbocycles. The normalized spacial score (nSPS) is 10.4. The molecule has 2 rings (SSSR count). The zero-order valence-electron chi connectivity index (χ0n) is 9.65. The third kappa shape index (κ3) is 3.24. The molecule has 94 valence electrons. The molecule has 0 bridgehead atoms. The number of halogens is 2. The van der Waals surface area contributed by atoms with Crippen LogP contribution >= 0.6 is 15.9 Å². The van der Waals surface area contributed by atoms with E-state index in [2.05, 4.69) is 31.2 Å². The molecule has 0 saturated heterocycles. The van der Waals surface area contributed by atoms with Gasteiger partial charge < -0.3 is 10.1 Å². The predicted molar refractivity (Wildman–Crippen MR) is 69.0 cm³/mol.